The van der Waals surface area contributed by atoms with Crippen molar-refractivity contribution in [3.05, 3.63) is 35.1 Å². The Balaban J connectivity index is 2.91. The molecule has 0 N–H and O–H groups in total. The van der Waals surface area contributed by atoms with Gasteiger partial charge in [-0.2, -0.15) is 0 Å². The van der Waals surface area contributed by atoms with Gasteiger partial charge in [-0.1, -0.05) is 6.07 Å². The molecule has 2 aromatic rings. The molecule has 0 bridgehead atoms. The Morgan fingerprint density at radius 3 is 2.91 bits per heavy atom. The van der Waals surface area contributed by atoms with Crippen molar-refractivity contribution in [2.24, 2.45) is 0 Å². The maximum absolute atomic E-state index is 4.14. The molecule has 0 amide bonds. The number of hydrogen-bond donors (Lipinski definition) is 0. The van der Waals surface area contributed by atoms with Crippen LogP contribution in [0.5, 0.6) is 0 Å². The summed E-state index contributed by atoms with van der Waals surface area (Å²) in [5, 5.41) is 0. The Kier molecular flexibility index (Phi) is 1.58. The molecule has 0 unspecified atom stereocenters. The largest absolute Gasteiger partial charge is 0.253 e. The maximum atomic E-state index is 4.14. The van der Waals surface area contributed by atoms with Crippen molar-refractivity contribution in [1.29, 1.82) is 0 Å². The fourth-order valence-electron chi connectivity index (χ4n) is 0.902. The molecule has 53 valence electrons. The predicted octanol–water partition coefficient (Wildman–Crippen LogP) is 2.19. The average Bonchev–Trinajstić information content (AvgIpc) is 2.06. The van der Waals surface area contributed by atoms with Gasteiger partial charge in [-0.15, -0.1) is 0 Å². The molecule has 0 aliphatic rings. The van der Waals surface area contributed by atoms with E-state index in [0.717, 1.165) is 15.5 Å². The molecule has 11 heavy (non-hydrogen) atoms. The molecular weight excluding hydrogens is 204 g/mol. The minimum absolute atomic E-state index is 0.856. The molecule has 0 saturated heterocycles. The fraction of sp³-hybridized carbons (Fsp3) is 0. The number of halogens is 1. The molecule has 0 spiro atoms. The Morgan fingerprint density at radius 1 is 1.27 bits per heavy atom. The second kappa shape index (κ2) is 2.58. The standard InChI is InChI=1S/C8H4BrN2/c9-6-2-1-3-7-8(6)11-5-4-10-7/h1,3-5H. The van der Waals surface area contributed by atoms with Gasteiger partial charge >= 0.3 is 0 Å². The van der Waals surface area contributed by atoms with Crippen LogP contribution in [0, 0.1) is 6.07 Å². The van der Waals surface area contributed by atoms with Crippen LogP contribution in [0.3, 0.4) is 0 Å². The molecule has 1 radical (unpaired) electrons. The number of rotatable bonds is 0. The third kappa shape index (κ3) is 1.12. The van der Waals surface area contributed by atoms with E-state index in [1.807, 2.05) is 12.1 Å². The van der Waals surface area contributed by atoms with Gasteiger partial charge in [0.1, 0.15) is 5.52 Å². The first-order valence-electron chi connectivity index (χ1n) is 3.15. The maximum Gasteiger partial charge on any atom is 0.103 e. The predicted molar refractivity (Wildman–Crippen MR) is 46.1 cm³/mol. The topological polar surface area (TPSA) is 25.8 Å². The van der Waals surface area contributed by atoms with Crippen molar-refractivity contribution < 1.29 is 0 Å². The van der Waals surface area contributed by atoms with E-state index in [0.29, 0.717) is 0 Å². The van der Waals surface area contributed by atoms with Crippen molar-refractivity contribution in [1.82, 2.24) is 9.97 Å². The molecule has 1 heterocycles. The number of nitrogens with zero attached hydrogens (tertiary/aromatic N) is 2. The third-order valence-corrected chi connectivity index (χ3v) is 1.99. The summed E-state index contributed by atoms with van der Waals surface area (Å²) in [6.07, 6.45) is 3.34. The van der Waals surface area contributed by atoms with E-state index in [9.17, 15) is 0 Å². The number of aromatic nitrogens is 2. The van der Waals surface area contributed by atoms with Crippen molar-refractivity contribution in [3.8, 4) is 0 Å². The smallest absolute Gasteiger partial charge is 0.103 e. The zero-order chi connectivity index (χ0) is 7.68. The molecule has 0 atom stereocenters. The van der Waals surface area contributed by atoms with E-state index < -0.39 is 0 Å². The van der Waals surface area contributed by atoms with Crippen LogP contribution in [-0.2, 0) is 0 Å². The summed E-state index contributed by atoms with van der Waals surface area (Å²) in [6.45, 7) is 0. The van der Waals surface area contributed by atoms with E-state index in [4.69, 9.17) is 0 Å². The van der Waals surface area contributed by atoms with Crippen LogP contribution in [0.25, 0.3) is 11.0 Å². The number of benzene rings is 1. The second-order valence-corrected chi connectivity index (χ2v) is 2.87. The van der Waals surface area contributed by atoms with Crippen LogP contribution in [-0.4, -0.2) is 9.97 Å². The number of fused-ring (bicyclic) bond motifs is 1. The highest BCUT2D eigenvalue weighted by molar-refractivity contribution is 9.10. The first kappa shape index (κ1) is 6.73. The van der Waals surface area contributed by atoms with Gasteiger partial charge in [0, 0.05) is 12.4 Å². The van der Waals surface area contributed by atoms with Gasteiger partial charge in [0.15, 0.2) is 0 Å². The van der Waals surface area contributed by atoms with Crippen molar-refractivity contribution in [3.63, 3.8) is 0 Å². The SMILES string of the molecule is Brc1[c]ccc2nccnc12. The van der Waals surface area contributed by atoms with E-state index in [2.05, 4.69) is 32.0 Å². The van der Waals surface area contributed by atoms with Gasteiger partial charge in [-0.3, -0.25) is 9.97 Å². The van der Waals surface area contributed by atoms with Crippen LogP contribution in [0.1, 0.15) is 0 Å². The van der Waals surface area contributed by atoms with E-state index in [-0.39, 0.29) is 0 Å². The fourth-order valence-corrected chi connectivity index (χ4v) is 1.34. The summed E-state index contributed by atoms with van der Waals surface area (Å²) in [5.74, 6) is 0. The lowest BCUT2D eigenvalue weighted by Crippen LogP contribution is -1.81. The Labute approximate surface area is 72.4 Å². The monoisotopic (exact) mass is 207 g/mol. The lowest BCUT2D eigenvalue weighted by molar-refractivity contribution is 1.29. The average molecular weight is 208 g/mol. The van der Waals surface area contributed by atoms with Crippen molar-refractivity contribution >= 4 is 27.0 Å². The van der Waals surface area contributed by atoms with Crippen LogP contribution in [0.2, 0.25) is 0 Å². The quantitative estimate of drug-likeness (QED) is 0.663. The molecule has 0 saturated carbocycles. The Hall–Kier alpha value is -0.960. The minimum Gasteiger partial charge on any atom is -0.253 e. The highest BCUT2D eigenvalue weighted by Crippen LogP contribution is 2.18. The van der Waals surface area contributed by atoms with Gasteiger partial charge in [0.05, 0.1) is 9.99 Å². The molecule has 3 heteroatoms. The summed E-state index contributed by atoms with van der Waals surface area (Å²) < 4.78 is 0.864. The zero-order valence-corrected chi connectivity index (χ0v) is 7.17. The van der Waals surface area contributed by atoms with Crippen molar-refractivity contribution in [2.75, 3.05) is 0 Å². The second-order valence-electron chi connectivity index (χ2n) is 2.08. The summed E-state index contributed by atoms with van der Waals surface area (Å²) in [5.41, 5.74) is 1.74. The summed E-state index contributed by atoms with van der Waals surface area (Å²) in [7, 11) is 0. The number of hydrogen-bond acceptors (Lipinski definition) is 2. The molecule has 0 aliphatic heterocycles. The summed E-state index contributed by atoms with van der Waals surface area (Å²) >= 11 is 3.34. The normalized spacial score (nSPS) is 10.3. The van der Waals surface area contributed by atoms with Gasteiger partial charge in [0.2, 0.25) is 0 Å². The van der Waals surface area contributed by atoms with E-state index >= 15 is 0 Å². The van der Waals surface area contributed by atoms with Crippen LogP contribution in [0.4, 0.5) is 0 Å². The molecule has 0 aliphatic carbocycles. The highest BCUT2D eigenvalue weighted by Gasteiger charge is 1.97. The Bertz CT molecular complexity index is 381. The molecule has 2 nitrogen and oxygen atoms in total. The molecule has 2 rings (SSSR count). The first-order chi connectivity index (χ1) is 5.38. The lowest BCUT2D eigenvalue weighted by Gasteiger charge is -1.94. The van der Waals surface area contributed by atoms with Crippen LogP contribution >= 0.6 is 15.9 Å². The van der Waals surface area contributed by atoms with Crippen LogP contribution < -0.4 is 0 Å². The molecule has 0 fully saturated rings. The Morgan fingerprint density at radius 2 is 2.09 bits per heavy atom. The minimum atomic E-state index is 0.856. The molecule has 1 aromatic heterocycles. The van der Waals surface area contributed by atoms with Gasteiger partial charge in [0.25, 0.3) is 0 Å². The van der Waals surface area contributed by atoms with Gasteiger partial charge < -0.3 is 0 Å². The summed E-state index contributed by atoms with van der Waals surface area (Å²) in [4.78, 5) is 8.27. The van der Waals surface area contributed by atoms with Crippen LogP contribution in [0.15, 0.2) is 29.0 Å². The lowest BCUT2D eigenvalue weighted by atomic mass is 10.3. The van der Waals surface area contributed by atoms with Gasteiger partial charge in [-0.25, -0.2) is 0 Å². The first-order valence-corrected chi connectivity index (χ1v) is 3.94. The summed E-state index contributed by atoms with van der Waals surface area (Å²) in [6, 6.07) is 6.69. The molecule has 1 aromatic carbocycles. The molecular formula is C8H4BrN2. The zero-order valence-electron chi connectivity index (χ0n) is 5.58. The third-order valence-electron chi connectivity index (χ3n) is 1.39. The highest BCUT2D eigenvalue weighted by atomic mass is 79.9. The van der Waals surface area contributed by atoms with E-state index in [1.165, 1.54) is 0 Å². The van der Waals surface area contributed by atoms with E-state index in [1.54, 1.807) is 12.4 Å². The van der Waals surface area contributed by atoms with Gasteiger partial charge in [-0.05, 0) is 28.1 Å². The van der Waals surface area contributed by atoms with Crippen molar-refractivity contribution in [2.45, 2.75) is 0 Å².